The van der Waals surface area contributed by atoms with Crippen molar-refractivity contribution in [2.75, 3.05) is 13.2 Å². The first kappa shape index (κ1) is 15.4. The first-order valence-corrected chi connectivity index (χ1v) is 7.38. The number of nitrogens with zero attached hydrogens (tertiary/aromatic N) is 2. The molecular formula is C16H15ClN2O4. The zero-order valence-electron chi connectivity index (χ0n) is 12.7. The maximum Gasteiger partial charge on any atom is 0.331 e. The third-order valence-corrected chi connectivity index (χ3v) is 4.02. The molecule has 2 aromatic rings. The van der Waals surface area contributed by atoms with Crippen LogP contribution in [0.4, 0.5) is 0 Å². The second-order valence-electron chi connectivity index (χ2n) is 5.14. The largest absolute Gasteiger partial charge is 0.487 e. The van der Waals surface area contributed by atoms with Crippen LogP contribution in [-0.4, -0.2) is 22.3 Å². The number of rotatable bonds is 3. The highest BCUT2D eigenvalue weighted by atomic mass is 35.5. The third-order valence-electron chi connectivity index (χ3n) is 3.70. The first-order valence-electron chi connectivity index (χ1n) is 7.00. The number of para-hydroxylation sites is 1. The molecular weight excluding hydrogens is 320 g/mol. The fourth-order valence-corrected chi connectivity index (χ4v) is 2.66. The minimum absolute atomic E-state index is 0.162. The lowest BCUT2D eigenvalue weighted by Crippen LogP contribution is -2.40. The molecule has 3 rings (SSSR count). The molecule has 0 saturated carbocycles. The Bertz CT molecular complexity index is 911. The topological polar surface area (TPSA) is 62.5 Å². The molecule has 0 bridgehead atoms. The van der Waals surface area contributed by atoms with Gasteiger partial charge in [-0.3, -0.25) is 13.9 Å². The number of fused-ring (bicyclic) bond motifs is 1. The van der Waals surface area contributed by atoms with Gasteiger partial charge in [0.25, 0.3) is 5.56 Å². The fraction of sp³-hybridized carbons (Fsp3) is 0.250. The molecule has 120 valence electrons. The first-order chi connectivity index (χ1) is 11.0. The molecule has 1 aromatic carbocycles. The van der Waals surface area contributed by atoms with Crippen molar-refractivity contribution in [1.82, 2.24) is 9.13 Å². The molecule has 2 heterocycles. The van der Waals surface area contributed by atoms with Crippen molar-refractivity contribution in [3.05, 3.63) is 61.9 Å². The van der Waals surface area contributed by atoms with Crippen molar-refractivity contribution in [1.29, 1.82) is 0 Å². The van der Waals surface area contributed by atoms with E-state index in [9.17, 15) is 9.59 Å². The van der Waals surface area contributed by atoms with Crippen LogP contribution in [0, 0.1) is 0 Å². The van der Waals surface area contributed by atoms with Crippen LogP contribution in [-0.2, 0) is 14.1 Å². The Morgan fingerprint density at radius 2 is 1.96 bits per heavy atom. The Hall–Kier alpha value is -2.47. The molecule has 7 heteroatoms. The molecule has 0 aliphatic carbocycles. The lowest BCUT2D eigenvalue weighted by Gasteiger charge is -2.21. The standard InChI is InChI=1S/C16H15ClN2O4/c1-18-13-10(9-23-12-6-4-3-5-11(12)17)7-8-22-14(13)15(20)19(2)16(18)21/h3-7H,8-9H2,1-2H3. The summed E-state index contributed by atoms with van der Waals surface area (Å²) in [6.45, 7) is 0.433. The van der Waals surface area contributed by atoms with Crippen LogP contribution < -0.4 is 20.7 Å². The van der Waals surface area contributed by atoms with Gasteiger partial charge in [0.05, 0.1) is 10.7 Å². The van der Waals surface area contributed by atoms with E-state index in [1.54, 1.807) is 25.3 Å². The van der Waals surface area contributed by atoms with Crippen molar-refractivity contribution in [2.45, 2.75) is 0 Å². The Morgan fingerprint density at radius 3 is 2.70 bits per heavy atom. The molecule has 0 N–H and O–H groups in total. The number of benzene rings is 1. The van der Waals surface area contributed by atoms with Gasteiger partial charge in [-0.05, 0) is 18.2 Å². The molecule has 1 aliphatic heterocycles. The quantitative estimate of drug-likeness (QED) is 0.855. The maximum atomic E-state index is 12.2. The summed E-state index contributed by atoms with van der Waals surface area (Å²) in [6.07, 6.45) is 1.79. The zero-order chi connectivity index (χ0) is 16.6. The number of hydrogen-bond donors (Lipinski definition) is 0. The highest BCUT2D eigenvalue weighted by molar-refractivity contribution is 6.32. The van der Waals surface area contributed by atoms with E-state index in [0.29, 0.717) is 22.0 Å². The molecule has 0 amide bonds. The van der Waals surface area contributed by atoms with Crippen LogP contribution in [0.3, 0.4) is 0 Å². The van der Waals surface area contributed by atoms with Crippen molar-refractivity contribution in [2.24, 2.45) is 14.1 Å². The van der Waals surface area contributed by atoms with Crippen LogP contribution in [0.5, 0.6) is 11.5 Å². The highest BCUT2D eigenvalue weighted by Gasteiger charge is 2.23. The maximum absolute atomic E-state index is 12.2. The summed E-state index contributed by atoms with van der Waals surface area (Å²) in [5.74, 6) is 0.701. The average Bonchev–Trinajstić information content (AvgIpc) is 2.57. The summed E-state index contributed by atoms with van der Waals surface area (Å²) in [5.41, 5.74) is 0.286. The van der Waals surface area contributed by atoms with Gasteiger partial charge in [0.1, 0.15) is 19.0 Å². The smallest absolute Gasteiger partial charge is 0.331 e. The molecule has 0 saturated heterocycles. The van der Waals surface area contributed by atoms with E-state index in [2.05, 4.69) is 0 Å². The minimum atomic E-state index is -0.452. The van der Waals surface area contributed by atoms with Gasteiger partial charge in [-0.1, -0.05) is 23.7 Å². The van der Waals surface area contributed by atoms with Crippen LogP contribution in [0.2, 0.25) is 5.02 Å². The Morgan fingerprint density at radius 1 is 1.22 bits per heavy atom. The lowest BCUT2D eigenvalue weighted by atomic mass is 10.1. The second-order valence-corrected chi connectivity index (χ2v) is 5.55. The van der Waals surface area contributed by atoms with E-state index in [1.807, 2.05) is 12.1 Å². The number of ether oxygens (including phenoxy) is 2. The van der Waals surface area contributed by atoms with E-state index in [-0.39, 0.29) is 19.0 Å². The summed E-state index contributed by atoms with van der Waals surface area (Å²) < 4.78 is 13.6. The predicted octanol–water partition coefficient (Wildman–Crippen LogP) is 1.59. The fourth-order valence-electron chi connectivity index (χ4n) is 2.47. The summed E-state index contributed by atoms with van der Waals surface area (Å²) in [6, 6.07) is 7.12. The Kier molecular flexibility index (Phi) is 4.00. The number of aromatic nitrogens is 2. The highest BCUT2D eigenvalue weighted by Crippen LogP contribution is 2.28. The molecule has 0 spiro atoms. The van der Waals surface area contributed by atoms with E-state index >= 15 is 0 Å². The third kappa shape index (κ3) is 2.66. The van der Waals surface area contributed by atoms with Crippen LogP contribution in [0.25, 0.3) is 5.57 Å². The molecule has 0 fully saturated rings. The normalized spacial score (nSPS) is 13.1. The van der Waals surface area contributed by atoms with Gasteiger partial charge in [0.2, 0.25) is 5.75 Å². The van der Waals surface area contributed by atoms with Gasteiger partial charge in [-0.25, -0.2) is 4.79 Å². The number of halogens is 1. The van der Waals surface area contributed by atoms with Gasteiger partial charge in [-0.15, -0.1) is 0 Å². The average molecular weight is 335 g/mol. The van der Waals surface area contributed by atoms with E-state index in [1.165, 1.54) is 11.6 Å². The molecule has 0 radical (unpaired) electrons. The van der Waals surface area contributed by atoms with E-state index in [4.69, 9.17) is 21.1 Å². The molecule has 0 unspecified atom stereocenters. The van der Waals surface area contributed by atoms with Gasteiger partial charge >= 0.3 is 5.69 Å². The molecule has 1 aromatic heterocycles. The van der Waals surface area contributed by atoms with Crippen molar-refractivity contribution >= 4 is 17.2 Å². The SMILES string of the molecule is Cn1c2c(c(=O)n(C)c1=O)OCC=C2COc1ccccc1Cl. The minimum Gasteiger partial charge on any atom is -0.487 e. The molecule has 1 aliphatic rings. The van der Waals surface area contributed by atoms with Crippen LogP contribution in [0.15, 0.2) is 39.9 Å². The Balaban J connectivity index is 1.99. The van der Waals surface area contributed by atoms with E-state index in [0.717, 1.165) is 4.57 Å². The predicted molar refractivity (Wildman–Crippen MR) is 87.3 cm³/mol. The van der Waals surface area contributed by atoms with Crippen LogP contribution in [0.1, 0.15) is 5.69 Å². The van der Waals surface area contributed by atoms with Crippen molar-refractivity contribution < 1.29 is 9.47 Å². The van der Waals surface area contributed by atoms with Crippen LogP contribution >= 0.6 is 11.6 Å². The molecule has 0 atom stereocenters. The molecule has 6 nitrogen and oxygen atoms in total. The second kappa shape index (κ2) is 5.96. The Labute approximate surface area is 137 Å². The van der Waals surface area contributed by atoms with Crippen molar-refractivity contribution in [3.63, 3.8) is 0 Å². The zero-order valence-corrected chi connectivity index (χ0v) is 13.5. The van der Waals surface area contributed by atoms with Crippen molar-refractivity contribution in [3.8, 4) is 11.5 Å². The van der Waals surface area contributed by atoms with Gasteiger partial charge in [-0.2, -0.15) is 0 Å². The van der Waals surface area contributed by atoms with Gasteiger partial charge in [0, 0.05) is 19.7 Å². The number of hydrogen-bond acceptors (Lipinski definition) is 4. The molecule has 23 heavy (non-hydrogen) atoms. The summed E-state index contributed by atoms with van der Waals surface area (Å²) in [7, 11) is 3.02. The van der Waals surface area contributed by atoms with Gasteiger partial charge in [0.15, 0.2) is 0 Å². The monoisotopic (exact) mass is 334 g/mol. The summed E-state index contributed by atoms with van der Waals surface area (Å²) in [5, 5.41) is 0.498. The lowest BCUT2D eigenvalue weighted by molar-refractivity contribution is 0.329. The summed E-state index contributed by atoms with van der Waals surface area (Å²) >= 11 is 6.07. The van der Waals surface area contributed by atoms with Gasteiger partial charge < -0.3 is 9.47 Å². The van der Waals surface area contributed by atoms with E-state index < -0.39 is 11.2 Å². The summed E-state index contributed by atoms with van der Waals surface area (Å²) in [4.78, 5) is 24.3.